The van der Waals surface area contributed by atoms with Crippen LogP contribution in [0, 0.1) is 0 Å². The number of carbonyl (C=O) groups excluding carboxylic acids is 1. The minimum Gasteiger partial charge on any atom is -0.496 e. The van der Waals surface area contributed by atoms with Crippen molar-refractivity contribution in [3.63, 3.8) is 0 Å². The fourth-order valence-corrected chi connectivity index (χ4v) is 2.31. The molecule has 0 spiro atoms. The van der Waals surface area contributed by atoms with Gasteiger partial charge in [-0.3, -0.25) is 4.79 Å². The molecule has 0 aliphatic heterocycles. The monoisotopic (exact) mass is 262 g/mol. The average molecular weight is 262 g/mol. The molecule has 2 rings (SSSR count). The molecule has 4 heteroatoms. The van der Waals surface area contributed by atoms with Crippen molar-refractivity contribution in [3.8, 4) is 17.2 Å². The highest BCUT2D eigenvalue weighted by atomic mass is 16.5. The van der Waals surface area contributed by atoms with Crippen molar-refractivity contribution in [3.05, 3.63) is 23.8 Å². The van der Waals surface area contributed by atoms with E-state index in [0.717, 1.165) is 24.0 Å². The van der Waals surface area contributed by atoms with Gasteiger partial charge in [0.1, 0.15) is 17.2 Å². The van der Waals surface area contributed by atoms with Crippen LogP contribution in [-0.4, -0.2) is 27.1 Å². The molecule has 0 unspecified atom stereocenters. The highest BCUT2D eigenvalue weighted by Gasteiger charge is 2.20. The molecule has 4 nitrogen and oxygen atoms in total. The van der Waals surface area contributed by atoms with Gasteiger partial charge in [-0.1, -0.05) is 0 Å². The van der Waals surface area contributed by atoms with Crippen LogP contribution in [0.3, 0.4) is 0 Å². The second-order valence-corrected chi connectivity index (χ2v) is 4.40. The van der Waals surface area contributed by atoms with Crippen LogP contribution in [0.1, 0.15) is 24.8 Å². The maximum atomic E-state index is 11.6. The smallest absolute Gasteiger partial charge is 0.156 e. The van der Waals surface area contributed by atoms with Gasteiger partial charge in [0, 0.05) is 18.6 Å². The third-order valence-corrected chi connectivity index (χ3v) is 3.24. The quantitative estimate of drug-likeness (QED) is 0.837. The summed E-state index contributed by atoms with van der Waals surface area (Å²) in [7, 11) is 4.79. The summed E-state index contributed by atoms with van der Waals surface area (Å²) in [6.07, 6.45) is 4.02. The summed E-state index contributed by atoms with van der Waals surface area (Å²) >= 11 is 0. The van der Waals surface area contributed by atoms with Crippen molar-refractivity contribution in [1.29, 1.82) is 0 Å². The van der Waals surface area contributed by atoms with Gasteiger partial charge < -0.3 is 14.2 Å². The van der Waals surface area contributed by atoms with Gasteiger partial charge in [-0.05, 0) is 24.5 Å². The molecule has 0 aromatic heterocycles. The highest BCUT2D eigenvalue weighted by molar-refractivity contribution is 5.99. The molecule has 1 aliphatic carbocycles. The summed E-state index contributed by atoms with van der Waals surface area (Å²) in [5.74, 6) is 2.15. The Morgan fingerprint density at radius 3 is 2.05 bits per heavy atom. The SMILES string of the molecule is COc1cc(OC)c(C2=CC(=O)CCC2)c(OC)c1. The van der Waals surface area contributed by atoms with Crippen molar-refractivity contribution < 1.29 is 19.0 Å². The Hall–Kier alpha value is -1.97. The minimum absolute atomic E-state index is 0.154. The van der Waals surface area contributed by atoms with Crippen LogP contribution in [0.5, 0.6) is 17.2 Å². The summed E-state index contributed by atoms with van der Waals surface area (Å²) in [6.45, 7) is 0. The Morgan fingerprint density at radius 1 is 0.947 bits per heavy atom. The van der Waals surface area contributed by atoms with Crippen LogP contribution in [0.2, 0.25) is 0 Å². The number of rotatable bonds is 4. The van der Waals surface area contributed by atoms with Gasteiger partial charge in [-0.2, -0.15) is 0 Å². The first-order chi connectivity index (χ1) is 9.19. The molecular weight excluding hydrogens is 244 g/mol. The van der Waals surface area contributed by atoms with Gasteiger partial charge in [0.2, 0.25) is 0 Å². The molecule has 0 saturated heterocycles. The molecule has 0 heterocycles. The molecular formula is C15H18O4. The van der Waals surface area contributed by atoms with E-state index in [1.54, 1.807) is 39.5 Å². The van der Waals surface area contributed by atoms with E-state index in [1.165, 1.54) is 0 Å². The minimum atomic E-state index is 0.154. The zero-order valence-corrected chi connectivity index (χ0v) is 11.5. The predicted octanol–water partition coefficient (Wildman–Crippen LogP) is 2.85. The number of hydrogen-bond acceptors (Lipinski definition) is 4. The van der Waals surface area contributed by atoms with E-state index in [1.807, 2.05) is 0 Å². The molecule has 0 atom stereocenters. The predicted molar refractivity (Wildman–Crippen MR) is 72.9 cm³/mol. The molecule has 0 saturated carbocycles. The number of carbonyl (C=O) groups is 1. The van der Waals surface area contributed by atoms with Crippen LogP contribution in [0.15, 0.2) is 18.2 Å². The molecule has 1 aromatic rings. The van der Waals surface area contributed by atoms with Gasteiger partial charge in [-0.25, -0.2) is 0 Å². The van der Waals surface area contributed by atoms with Crippen LogP contribution < -0.4 is 14.2 Å². The van der Waals surface area contributed by atoms with Crippen molar-refractivity contribution in [2.45, 2.75) is 19.3 Å². The molecule has 0 radical (unpaired) electrons. The summed E-state index contributed by atoms with van der Waals surface area (Å²) in [6, 6.07) is 3.61. The fraction of sp³-hybridized carbons (Fsp3) is 0.400. The van der Waals surface area contributed by atoms with Gasteiger partial charge in [0.15, 0.2) is 5.78 Å². The number of allylic oxidation sites excluding steroid dienone is 2. The molecule has 0 amide bonds. The van der Waals surface area contributed by atoms with Gasteiger partial charge in [-0.15, -0.1) is 0 Å². The Labute approximate surface area is 113 Å². The third-order valence-electron chi connectivity index (χ3n) is 3.24. The van der Waals surface area contributed by atoms with E-state index >= 15 is 0 Å². The number of ketones is 1. The van der Waals surface area contributed by atoms with E-state index < -0.39 is 0 Å². The topological polar surface area (TPSA) is 44.8 Å². The molecule has 0 fully saturated rings. The summed E-state index contributed by atoms with van der Waals surface area (Å²) in [5, 5.41) is 0. The number of benzene rings is 1. The van der Waals surface area contributed by atoms with E-state index in [9.17, 15) is 4.79 Å². The third kappa shape index (κ3) is 2.72. The summed E-state index contributed by atoms with van der Waals surface area (Å²) in [4.78, 5) is 11.6. The lowest BCUT2D eigenvalue weighted by Crippen LogP contribution is -2.05. The average Bonchev–Trinajstić information content (AvgIpc) is 2.45. The lowest BCUT2D eigenvalue weighted by atomic mass is 9.91. The standard InChI is InChI=1S/C15H18O4/c1-17-12-8-13(18-2)15(14(9-12)19-3)10-5-4-6-11(16)7-10/h7-9H,4-6H2,1-3H3. The molecule has 19 heavy (non-hydrogen) atoms. The maximum absolute atomic E-state index is 11.6. The first kappa shape index (κ1) is 13.5. The van der Waals surface area contributed by atoms with Crippen LogP contribution in [0.4, 0.5) is 0 Å². The van der Waals surface area contributed by atoms with Gasteiger partial charge in [0.25, 0.3) is 0 Å². The summed E-state index contributed by atoms with van der Waals surface area (Å²) < 4.78 is 16.0. The number of ether oxygens (including phenoxy) is 3. The lowest BCUT2D eigenvalue weighted by Gasteiger charge is -2.19. The van der Waals surface area contributed by atoms with E-state index in [0.29, 0.717) is 23.7 Å². The molecule has 1 aromatic carbocycles. The lowest BCUT2D eigenvalue weighted by molar-refractivity contribution is -0.114. The molecule has 102 valence electrons. The Morgan fingerprint density at radius 2 is 1.58 bits per heavy atom. The zero-order valence-electron chi connectivity index (χ0n) is 11.5. The second-order valence-electron chi connectivity index (χ2n) is 4.40. The van der Waals surface area contributed by atoms with Crippen LogP contribution in [0.25, 0.3) is 5.57 Å². The normalized spacial score (nSPS) is 14.9. The largest absolute Gasteiger partial charge is 0.496 e. The first-order valence-electron chi connectivity index (χ1n) is 6.23. The number of hydrogen-bond donors (Lipinski definition) is 0. The second kappa shape index (κ2) is 5.78. The maximum Gasteiger partial charge on any atom is 0.156 e. The van der Waals surface area contributed by atoms with Gasteiger partial charge in [0.05, 0.1) is 26.9 Å². The van der Waals surface area contributed by atoms with E-state index in [4.69, 9.17) is 14.2 Å². The Kier molecular flexibility index (Phi) is 4.10. The van der Waals surface area contributed by atoms with Crippen molar-refractivity contribution in [2.75, 3.05) is 21.3 Å². The molecule has 0 bridgehead atoms. The van der Waals surface area contributed by atoms with Crippen molar-refractivity contribution in [2.24, 2.45) is 0 Å². The van der Waals surface area contributed by atoms with E-state index in [2.05, 4.69) is 0 Å². The Bertz CT molecular complexity index is 492. The molecule has 0 N–H and O–H groups in total. The van der Waals surface area contributed by atoms with Crippen molar-refractivity contribution >= 4 is 11.4 Å². The fourth-order valence-electron chi connectivity index (χ4n) is 2.31. The first-order valence-corrected chi connectivity index (χ1v) is 6.23. The molecule has 1 aliphatic rings. The number of methoxy groups -OCH3 is 3. The highest BCUT2D eigenvalue weighted by Crippen LogP contribution is 2.41. The summed E-state index contributed by atoms with van der Waals surface area (Å²) in [5.41, 5.74) is 1.81. The van der Waals surface area contributed by atoms with Crippen molar-refractivity contribution in [1.82, 2.24) is 0 Å². The van der Waals surface area contributed by atoms with E-state index in [-0.39, 0.29) is 5.78 Å². The Balaban J connectivity index is 2.57. The van der Waals surface area contributed by atoms with Crippen LogP contribution >= 0.6 is 0 Å². The van der Waals surface area contributed by atoms with Crippen LogP contribution in [-0.2, 0) is 4.79 Å². The van der Waals surface area contributed by atoms with Gasteiger partial charge >= 0.3 is 0 Å². The zero-order chi connectivity index (χ0) is 13.8.